The Labute approximate surface area is 329 Å². The molecule has 0 N–H and O–H groups in total. The summed E-state index contributed by atoms with van der Waals surface area (Å²) in [6.45, 7) is 0. The minimum atomic E-state index is -3.07. The van der Waals surface area contributed by atoms with Gasteiger partial charge in [0.2, 0.25) is 0 Å². The van der Waals surface area contributed by atoms with Gasteiger partial charge in [-0.25, -0.2) is 14.4 Å². The standard InChI is InChI=1S/C50H35FN4OSi/c1-54-41-22-9-8-21-40(41)53-50(54)35-16-14-15-33(31-35)47(51)34-26-27-38-39-28-29-44-49(48(39)55(42(38)32-34)46-25-12-13-30-52-46)57(36-17-4-2-5-18-36,37-19-6-3-7-20-37)45-24-11-10-23-43(45)56-44/h2-32,47H,1H3. The van der Waals surface area contributed by atoms with Crippen LogP contribution in [-0.2, 0) is 7.05 Å². The summed E-state index contributed by atoms with van der Waals surface area (Å²) in [6.07, 6.45) is 0.437. The first-order valence-corrected chi connectivity index (χ1v) is 21.2. The van der Waals surface area contributed by atoms with E-state index in [1.807, 2.05) is 92.1 Å². The van der Waals surface area contributed by atoms with Crippen molar-refractivity contribution in [3.63, 3.8) is 0 Å². The first kappa shape index (κ1) is 33.3. The summed E-state index contributed by atoms with van der Waals surface area (Å²) in [5, 5.41) is 6.92. The van der Waals surface area contributed by atoms with Gasteiger partial charge in [-0.15, -0.1) is 0 Å². The van der Waals surface area contributed by atoms with Gasteiger partial charge in [0.1, 0.15) is 23.1 Å². The van der Waals surface area contributed by atoms with Crippen molar-refractivity contribution in [3.8, 4) is 28.7 Å². The molecule has 7 heteroatoms. The molecule has 1 aliphatic heterocycles. The third-order valence-corrected chi connectivity index (χ3v) is 16.5. The number of rotatable bonds is 6. The maximum Gasteiger partial charge on any atom is 0.191 e. The molecule has 0 amide bonds. The fourth-order valence-corrected chi connectivity index (χ4v) is 14.3. The van der Waals surface area contributed by atoms with Gasteiger partial charge in [-0.3, -0.25) is 4.57 Å². The van der Waals surface area contributed by atoms with Crippen LogP contribution in [0.15, 0.2) is 188 Å². The summed E-state index contributed by atoms with van der Waals surface area (Å²) >= 11 is 0. The molecule has 0 saturated heterocycles. The second-order valence-corrected chi connectivity index (χ2v) is 18.4. The van der Waals surface area contributed by atoms with Crippen molar-refractivity contribution in [2.75, 3.05) is 0 Å². The molecule has 7 aromatic carbocycles. The van der Waals surface area contributed by atoms with E-state index in [0.29, 0.717) is 11.1 Å². The highest BCUT2D eigenvalue weighted by molar-refractivity contribution is 7.21. The van der Waals surface area contributed by atoms with Gasteiger partial charge in [0.05, 0.1) is 22.1 Å². The highest BCUT2D eigenvalue weighted by Crippen LogP contribution is 2.40. The number of pyridine rings is 1. The van der Waals surface area contributed by atoms with E-state index < -0.39 is 14.2 Å². The lowest BCUT2D eigenvalue weighted by molar-refractivity contribution is 0.402. The molecular weight excluding hydrogens is 720 g/mol. The zero-order valence-corrected chi connectivity index (χ0v) is 32.1. The van der Waals surface area contributed by atoms with Crippen LogP contribution in [0, 0.1) is 0 Å². The summed E-state index contributed by atoms with van der Waals surface area (Å²) < 4.78 is 28.3. The van der Waals surface area contributed by atoms with Crippen LogP contribution in [0.2, 0.25) is 0 Å². The van der Waals surface area contributed by atoms with E-state index in [0.717, 1.165) is 66.7 Å². The lowest BCUT2D eigenvalue weighted by Crippen LogP contribution is -2.76. The van der Waals surface area contributed by atoms with Crippen molar-refractivity contribution < 1.29 is 9.13 Å². The van der Waals surface area contributed by atoms with Gasteiger partial charge in [0, 0.05) is 34.8 Å². The number of ether oxygens (including phenoxy) is 1. The number of imidazole rings is 1. The molecule has 0 spiro atoms. The van der Waals surface area contributed by atoms with Crippen LogP contribution in [0.4, 0.5) is 4.39 Å². The minimum absolute atomic E-state index is 0.565. The van der Waals surface area contributed by atoms with E-state index >= 15 is 4.39 Å². The van der Waals surface area contributed by atoms with E-state index in [2.05, 4.69) is 112 Å². The summed E-state index contributed by atoms with van der Waals surface area (Å²) in [7, 11) is -1.06. The summed E-state index contributed by atoms with van der Waals surface area (Å²) in [5.41, 5.74) is 5.85. The number of benzene rings is 7. The Kier molecular flexibility index (Phi) is 7.59. The first-order chi connectivity index (χ1) is 28.1. The molecule has 10 aromatic rings. The SMILES string of the molecule is Cn1c(-c2cccc(C(F)c3ccc4c5ccc6c(c5n(-c5ccccn5)c4c3)[Si](c3ccccc3)(c3ccccc3)c3ccccc3O6)c2)nc2ccccc21. The Hall–Kier alpha value is -7.09. The van der Waals surface area contributed by atoms with Gasteiger partial charge in [-0.1, -0.05) is 127 Å². The molecule has 5 nitrogen and oxygen atoms in total. The van der Waals surface area contributed by atoms with Crippen molar-refractivity contribution in [1.82, 2.24) is 19.1 Å². The van der Waals surface area contributed by atoms with Crippen LogP contribution in [0.25, 0.3) is 50.0 Å². The molecule has 11 rings (SSSR count). The van der Waals surface area contributed by atoms with Crippen molar-refractivity contribution in [2.24, 2.45) is 7.05 Å². The second-order valence-electron chi connectivity index (χ2n) is 14.7. The molecule has 4 heterocycles. The average Bonchev–Trinajstić information content (AvgIpc) is 3.80. The van der Waals surface area contributed by atoms with E-state index in [4.69, 9.17) is 14.7 Å². The lowest BCUT2D eigenvalue weighted by Gasteiger charge is -2.40. The van der Waals surface area contributed by atoms with Crippen molar-refractivity contribution in [1.29, 1.82) is 0 Å². The lowest BCUT2D eigenvalue weighted by atomic mass is 9.99. The zero-order chi connectivity index (χ0) is 38.1. The van der Waals surface area contributed by atoms with Crippen LogP contribution in [0.1, 0.15) is 17.3 Å². The Morgan fingerprint density at radius 2 is 1.30 bits per heavy atom. The minimum Gasteiger partial charge on any atom is -0.457 e. The third kappa shape index (κ3) is 4.99. The van der Waals surface area contributed by atoms with Gasteiger partial charge >= 0.3 is 0 Å². The molecule has 0 aliphatic carbocycles. The molecular formula is C50H35FN4OSi. The molecule has 1 atom stereocenters. The molecule has 1 unspecified atom stereocenters. The number of fused-ring (bicyclic) bond motifs is 7. The predicted octanol–water partition coefficient (Wildman–Crippen LogP) is 9.27. The smallest absolute Gasteiger partial charge is 0.191 e. The highest BCUT2D eigenvalue weighted by atomic mass is 28.3. The van der Waals surface area contributed by atoms with Gasteiger partial charge in [-0.2, -0.15) is 0 Å². The number of para-hydroxylation sites is 3. The molecule has 3 aromatic heterocycles. The maximum atomic E-state index is 17.1. The van der Waals surface area contributed by atoms with Crippen molar-refractivity contribution >= 4 is 61.7 Å². The zero-order valence-electron chi connectivity index (χ0n) is 31.1. The predicted molar refractivity (Wildman–Crippen MR) is 231 cm³/mol. The van der Waals surface area contributed by atoms with Gasteiger partial charge in [0.25, 0.3) is 0 Å². The fraction of sp³-hybridized carbons (Fsp3) is 0.0400. The fourth-order valence-electron chi connectivity index (χ4n) is 9.13. The molecule has 0 saturated carbocycles. The molecule has 272 valence electrons. The topological polar surface area (TPSA) is 44.9 Å². The van der Waals surface area contributed by atoms with Crippen LogP contribution < -0.4 is 25.5 Å². The summed E-state index contributed by atoms with van der Waals surface area (Å²) in [4.78, 5) is 9.84. The monoisotopic (exact) mass is 754 g/mol. The molecule has 0 fully saturated rings. The highest BCUT2D eigenvalue weighted by Gasteiger charge is 2.50. The van der Waals surface area contributed by atoms with Gasteiger partial charge in [-0.05, 0) is 81.3 Å². The Balaban J connectivity index is 1.18. The normalized spacial score (nSPS) is 13.6. The van der Waals surface area contributed by atoms with Crippen LogP contribution in [0.5, 0.6) is 11.5 Å². The first-order valence-electron chi connectivity index (χ1n) is 19.2. The number of aromatic nitrogens is 4. The Bertz CT molecular complexity index is 3100. The van der Waals surface area contributed by atoms with Crippen LogP contribution >= 0.6 is 0 Å². The molecule has 0 radical (unpaired) electrons. The van der Waals surface area contributed by atoms with Crippen molar-refractivity contribution in [2.45, 2.75) is 6.17 Å². The third-order valence-electron chi connectivity index (χ3n) is 11.6. The van der Waals surface area contributed by atoms with E-state index in [-0.39, 0.29) is 0 Å². The quantitative estimate of drug-likeness (QED) is 0.159. The average molecular weight is 755 g/mol. The van der Waals surface area contributed by atoms with E-state index in [1.54, 1.807) is 0 Å². The Morgan fingerprint density at radius 3 is 2.07 bits per heavy atom. The maximum absolute atomic E-state index is 17.1. The van der Waals surface area contributed by atoms with Crippen LogP contribution in [0.3, 0.4) is 0 Å². The second kappa shape index (κ2) is 13.0. The van der Waals surface area contributed by atoms with Gasteiger partial charge < -0.3 is 9.30 Å². The van der Waals surface area contributed by atoms with E-state index in [1.165, 1.54) is 15.6 Å². The number of aryl methyl sites for hydroxylation is 1. The molecule has 57 heavy (non-hydrogen) atoms. The Morgan fingerprint density at radius 1 is 0.596 bits per heavy atom. The molecule has 0 bridgehead atoms. The van der Waals surface area contributed by atoms with E-state index in [9.17, 15) is 0 Å². The summed E-state index contributed by atoms with van der Waals surface area (Å²) in [6, 6.07) is 62.3. The number of nitrogens with zero attached hydrogens (tertiary/aromatic N) is 4. The summed E-state index contributed by atoms with van der Waals surface area (Å²) in [5.74, 6) is 3.25. The number of alkyl halides is 1. The van der Waals surface area contributed by atoms with Crippen molar-refractivity contribution in [3.05, 3.63) is 199 Å². The number of hydrogen-bond donors (Lipinski definition) is 0. The number of halogens is 1. The van der Waals surface area contributed by atoms with Gasteiger partial charge in [0.15, 0.2) is 14.2 Å². The molecule has 1 aliphatic rings. The largest absolute Gasteiger partial charge is 0.457 e. The van der Waals surface area contributed by atoms with Crippen LogP contribution in [-0.4, -0.2) is 27.2 Å². The number of hydrogen-bond acceptors (Lipinski definition) is 3.